The number of rotatable bonds is 6. The van der Waals surface area contributed by atoms with E-state index in [1.807, 2.05) is 6.07 Å². The lowest BCUT2D eigenvalue weighted by molar-refractivity contribution is -0.130. The van der Waals surface area contributed by atoms with E-state index in [1.165, 1.54) is 11.1 Å². The molecule has 5 heteroatoms. The van der Waals surface area contributed by atoms with Crippen molar-refractivity contribution in [1.82, 2.24) is 15.5 Å². The van der Waals surface area contributed by atoms with Crippen LogP contribution in [0.2, 0.25) is 0 Å². The van der Waals surface area contributed by atoms with Gasteiger partial charge >= 0.3 is 0 Å². The Kier molecular flexibility index (Phi) is 6.83. The minimum atomic E-state index is -0.262. The van der Waals surface area contributed by atoms with Crippen LogP contribution in [0, 0.1) is 19.3 Å². The Morgan fingerprint density at radius 2 is 2.17 bits per heavy atom. The van der Waals surface area contributed by atoms with Gasteiger partial charge in [0.2, 0.25) is 11.8 Å². The van der Waals surface area contributed by atoms with Crippen LogP contribution in [0.15, 0.2) is 24.3 Å². The van der Waals surface area contributed by atoms with Gasteiger partial charge in [0.1, 0.15) is 0 Å². The molecule has 24 heavy (non-hydrogen) atoms. The van der Waals surface area contributed by atoms with Crippen molar-refractivity contribution >= 4 is 11.8 Å². The Bertz CT molecular complexity index is 621. The summed E-state index contributed by atoms with van der Waals surface area (Å²) in [7, 11) is 0. The maximum Gasteiger partial charge on any atom is 0.240 e. The second-order valence-corrected chi connectivity index (χ2v) is 6.17. The first-order valence-corrected chi connectivity index (χ1v) is 8.37. The molecule has 0 radical (unpaired) electrons. The summed E-state index contributed by atoms with van der Waals surface area (Å²) in [4.78, 5) is 26.2. The van der Waals surface area contributed by atoms with Crippen LogP contribution in [-0.4, -0.2) is 42.4 Å². The number of piperidine rings is 1. The molecule has 1 heterocycles. The summed E-state index contributed by atoms with van der Waals surface area (Å²) < 4.78 is 0. The molecule has 0 spiro atoms. The smallest absolute Gasteiger partial charge is 0.240 e. The third kappa shape index (κ3) is 5.39. The lowest BCUT2D eigenvalue weighted by Crippen LogP contribution is -2.50. The molecule has 1 aromatic rings. The van der Waals surface area contributed by atoms with E-state index in [2.05, 4.69) is 46.6 Å². The molecule has 1 aromatic carbocycles. The average molecular weight is 327 g/mol. The van der Waals surface area contributed by atoms with E-state index in [4.69, 9.17) is 6.42 Å². The zero-order chi connectivity index (χ0) is 17.4. The molecule has 2 amide bonds. The van der Waals surface area contributed by atoms with E-state index in [-0.39, 0.29) is 30.9 Å². The van der Waals surface area contributed by atoms with Gasteiger partial charge in [-0.05, 0) is 31.9 Å². The molecule has 128 valence electrons. The van der Waals surface area contributed by atoms with Crippen molar-refractivity contribution in [2.24, 2.45) is 0 Å². The Morgan fingerprint density at radius 3 is 2.92 bits per heavy atom. The SMILES string of the molecule is C#CCNC(=O)CNC(=O)[C@@H]1CCCCN1Cc1cccc(C)c1. The van der Waals surface area contributed by atoms with E-state index < -0.39 is 0 Å². The molecule has 1 fully saturated rings. The van der Waals surface area contributed by atoms with Crippen molar-refractivity contribution in [2.45, 2.75) is 38.8 Å². The average Bonchev–Trinajstić information content (AvgIpc) is 2.58. The molecular weight excluding hydrogens is 302 g/mol. The van der Waals surface area contributed by atoms with E-state index in [1.54, 1.807) is 0 Å². The second kappa shape index (κ2) is 9.09. The van der Waals surface area contributed by atoms with Crippen molar-refractivity contribution < 1.29 is 9.59 Å². The molecule has 1 aliphatic heterocycles. The largest absolute Gasteiger partial charge is 0.346 e. The lowest BCUT2D eigenvalue weighted by atomic mass is 10.00. The van der Waals surface area contributed by atoms with E-state index in [9.17, 15) is 9.59 Å². The number of nitrogens with one attached hydrogen (secondary N) is 2. The highest BCUT2D eigenvalue weighted by atomic mass is 16.2. The van der Waals surface area contributed by atoms with E-state index in [0.29, 0.717) is 0 Å². The van der Waals surface area contributed by atoms with Gasteiger partial charge in [-0.15, -0.1) is 6.42 Å². The fraction of sp³-hybridized carbons (Fsp3) is 0.474. The van der Waals surface area contributed by atoms with Crippen molar-refractivity contribution in [3.8, 4) is 12.3 Å². The molecule has 2 N–H and O–H groups in total. The number of carbonyl (C=O) groups excluding carboxylic acids is 2. The maximum absolute atomic E-state index is 12.5. The van der Waals surface area contributed by atoms with Gasteiger partial charge in [0.05, 0.1) is 19.1 Å². The predicted octanol–water partition coefficient (Wildman–Crippen LogP) is 1.22. The number of carbonyl (C=O) groups is 2. The number of likely N-dealkylation sites (tertiary alicyclic amines) is 1. The number of benzene rings is 1. The van der Waals surface area contributed by atoms with Crippen molar-refractivity contribution in [3.63, 3.8) is 0 Å². The number of amides is 2. The second-order valence-electron chi connectivity index (χ2n) is 6.17. The lowest BCUT2D eigenvalue weighted by Gasteiger charge is -2.34. The topological polar surface area (TPSA) is 61.4 Å². The Morgan fingerprint density at radius 1 is 1.33 bits per heavy atom. The van der Waals surface area contributed by atoms with Crippen LogP contribution >= 0.6 is 0 Å². The minimum Gasteiger partial charge on any atom is -0.346 e. The van der Waals surface area contributed by atoms with Gasteiger partial charge in [-0.3, -0.25) is 14.5 Å². The zero-order valence-electron chi connectivity index (χ0n) is 14.2. The predicted molar refractivity (Wildman–Crippen MR) is 94.1 cm³/mol. The van der Waals surface area contributed by atoms with Crippen LogP contribution in [-0.2, 0) is 16.1 Å². The third-order valence-electron chi connectivity index (χ3n) is 4.20. The molecule has 0 saturated carbocycles. The summed E-state index contributed by atoms with van der Waals surface area (Å²) in [5.74, 6) is 1.99. The molecule has 0 bridgehead atoms. The van der Waals surface area contributed by atoms with Crippen molar-refractivity contribution in [2.75, 3.05) is 19.6 Å². The molecule has 0 unspecified atom stereocenters. The molecule has 0 aliphatic carbocycles. The zero-order valence-corrected chi connectivity index (χ0v) is 14.2. The van der Waals surface area contributed by atoms with Gasteiger partial charge in [0.15, 0.2) is 0 Å². The Labute approximate surface area is 143 Å². The maximum atomic E-state index is 12.5. The van der Waals surface area contributed by atoms with Gasteiger partial charge in [-0.2, -0.15) is 0 Å². The van der Waals surface area contributed by atoms with E-state index in [0.717, 1.165) is 32.4 Å². The molecule has 0 aromatic heterocycles. The molecular formula is C19H25N3O2. The number of hydrogen-bond donors (Lipinski definition) is 2. The van der Waals surface area contributed by atoms with Crippen LogP contribution in [0.5, 0.6) is 0 Å². The Balaban J connectivity index is 1.92. The fourth-order valence-electron chi connectivity index (χ4n) is 3.02. The van der Waals surface area contributed by atoms with E-state index >= 15 is 0 Å². The fourth-order valence-corrected chi connectivity index (χ4v) is 3.02. The van der Waals surface area contributed by atoms with Gasteiger partial charge in [0.25, 0.3) is 0 Å². The first-order chi connectivity index (χ1) is 11.6. The van der Waals surface area contributed by atoms with Gasteiger partial charge in [-0.1, -0.05) is 42.2 Å². The normalized spacial score (nSPS) is 17.8. The minimum absolute atomic E-state index is 0.0324. The number of nitrogens with zero attached hydrogens (tertiary/aromatic N) is 1. The molecule has 2 rings (SSSR count). The number of terminal acetylenes is 1. The molecule has 5 nitrogen and oxygen atoms in total. The summed E-state index contributed by atoms with van der Waals surface area (Å²) in [6.07, 6.45) is 8.04. The number of aryl methyl sites for hydroxylation is 1. The van der Waals surface area contributed by atoms with Crippen LogP contribution in [0.1, 0.15) is 30.4 Å². The molecule has 1 aliphatic rings. The summed E-state index contributed by atoms with van der Waals surface area (Å²) >= 11 is 0. The first-order valence-electron chi connectivity index (χ1n) is 8.37. The first kappa shape index (κ1) is 18.0. The molecule has 1 atom stereocenters. The standard InChI is InChI=1S/C19H25N3O2/c1-3-10-20-18(23)13-21-19(24)17-9-4-5-11-22(17)14-16-8-6-7-15(2)12-16/h1,6-8,12,17H,4-5,9-11,13-14H2,2H3,(H,20,23)(H,21,24)/t17-/m0/s1. The summed E-state index contributed by atoms with van der Waals surface area (Å²) in [5, 5.41) is 5.27. The van der Waals surface area contributed by atoms with Crippen molar-refractivity contribution in [3.05, 3.63) is 35.4 Å². The number of hydrogen-bond acceptors (Lipinski definition) is 3. The summed E-state index contributed by atoms with van der Waals surface area (Å²) in [6.45, 7) is 3.87. The summed E-state index contributed by atoms with van der Waals surface area (Å²) in [5.41, 5.74) is 2.43. The van der Waals surface area contributed by atoms with Crippen LogP contribution in [0.3, 0.4) is 0 Å². The highest BCUT2D eigenvalue weighted by Gasteiger charge is 2.28. The summed E-state index contributed by atoms with van der Waals surface area (Å²) in [6, 6.07) is 8.17. The van der Waals surface area contributed by atoms with Crippen LogP contribution in [0.25, 0.3) is 0 Å². The van der Waals surface area contributed by atoms with Crippen LogP contribution in [0.4, 0.5) is 0 Å². The monoisotopic (exact) mass is 327 g/mol. The van der Waals surface area contributed by atoms with Crippen LogP contribution < -0.4 is 10.6 Å². The van der Waals surface area contributed by atoms with Crippen molar-refractivity contribution in [1.29, 1.82) is 0 Å². The highest BCUT2D eigenvalue weighted by Crippen LogP contribution is 2.20. The van der Waals surface area contributed by atoms with Gasteiger partial charge in [0, 0.05) is 6.54 Å². The molecule has 1 saturated heterocycles. The van der Waals surface area contributed by atoms with Gasteiger partial charge < -0.3 is 10.6 Å². The highest BCUT2D eigenvalue weighted by molar-refractivity contribution is 5.87. The van der Waals surface area contributed by atoms with Gasteiger partial charge in [-0.25, -0.2) is 0 Å². The quantitative estimate of drug-likeness (QED) is 0.772. The third-order valence-corrected chi connectivity index (χ3v) is 4.20. The Hall–Kier alpha value is -2.32.